The highest BCUT2D eigenvalue weighted by atomic mass is 79.9. The summed E-state index contributed by atoms with van der Waals surface area (Å²) >= 11 is 9.57. The van der Waals surface area contributed by atoms with Gasteiger partial charge >= 0.3 is 6.01 Å². The Morgan fingerprint density at radius 1 is 1.20 bits per heavy atom. The molecule has 1 saturated carbocycles. The molecule has 6 rings (SSSR count). The van der Waals surface area contributed by atoms with Crippen molar-refractivity contribution in [3.63, 3.8) is 0 Å². The summed E-state index contributed by atoms with van der Waals surface area (Å²) in [5.41, 5.74) is -0.450. The second-order valence-corrected chi connectivity index (χ2v) is 11.3. The van der Waals surface area contributed by atoms with E-state index in [-0.39, 0.29) is 64.1 Å². The van der Waals surface area contributed by atoms with Crippen molar-refractivity contribution in [2.75, 3.05) is 44.3 Å². The maximum absolute atomic E-state index is 15.4. The second-order valence-electron chi connectivity index (χ2n) is 10.1. The Balaban J connectivity index is 1.38. The monoisotopic (exact) mass is 578 g/mol. The molecule has 2 aromatic rings. The summed E-state index contributed by atoms with van der Waals surface area (Å²) in [6.07, 6.45) is 0.833. The fraction of sp³-hybridized carbons (Fsp3) is 0.652. The van der Waals surface area contributed by atoms with Gasteiger partial charge in [0.1, 0.15) is 35.7 Å². The molecule has 0 amide bonds. The van der Waals surface area contributed by atoms with E-state index in [9.17, 15) is 13.2 Å². The first kappa shape index (κ1) is 23.8. The third-order valence-corrected chi connectivity index (χ3v) is 9.01. The minimum Gasteiger partial charge on any atom is -0.489 e. The van der Waals surface area contributed by atoms with Crippen LogP contribution in [0.3, 0.4) is 0 Å². The molecular formula is C23H24BrClF4N4O2. The predicted molar refractivity (Wildman–Crippen MR) is 126 cm³/mol. The molecule has 190 valence electrons. The number of rotatable bonds is 5. The lowest BCUT2D eigenvalue weighted by molar-refractivity contribution is -0.107. The van der Waals surface area contributed by atoms with Gasteiger partial charge < -0.3 is 14.4 Å². The predicted octanol–water partition coefficient (Wildman–Crippen LogP) is 5.38. The van der Waals surface area contributed by atoms with Gasteiger partial charge in [-0.1, -0.05) is 11.6 Å². The Kier molecular flexibility index (Phi) is 5.76. The van der Waals surface area contributed by atoms with Crippen molar-refractivity contribution in [2.45, 2.75) is 49.7 Å². The molecule has 0 spiro atoms. The molecular weight excluding hydrogens is 556 g/mol. The number of hydrogen-bond donors (Lipinski definition) is 0. The third kappa shape index (κ3) is 4.01. The number of hydrogen-bond acceptors (Lipinski definition) is 6. The van der Waals surface area contributed by atoms with Crippen molar-refractivity contribution in [2.24, 2.45) is 5.92 Å². The van der Waals surface area contributed by atoms with Crippen LogP contribution in [0.2, 0.25) is 5.02 Å². The molecule has 6 nitrogen and oxygen atoms in total. The van der Waals surface area contributed by atoms with E-state index in [1.165, 1.54) is 0 Å². The average molecular weight is 580 g/mol. The summed E-state index contributed by atoms with van der Waals surface area (Å²) in [5, 5.41) is 0.350. The van der Waals surface area contributed by atoms with Gasteiger partial charge in [-0.2, -0.15) is 9.97 Å². The van der Waals surface area contributed by atoms with Gasteiger partial charge in [-0.15, -0.1) is 0 Å². The Morgan fingerprint density at radius 3 is 2.77 bits per heavy atom. The molecule has 2 atom stereocenters. The maximum Gasteiger partial charge on any atom is 0.319 e. The summed E-state index contributed by atoms with van der Waals surface area (Å²) in [6, 6.07) is -0.0408. The van der Waals surface area contributed by atoms with E-state index in [0.717, 1.165) is 19.4 Å². The first-order valence-corrected chi connectivity index (χ1v) is 13.0. The van der Waals surface area contributed by atoms with E-state index in [2.05, 4.69) is 30.8 Å². The zero-order valence-electron chi connectivity index (χ0n) is 18.8. The molecule has 3 aliphatic heterocycles. The van der Waals surface area contributed by atoms with Crippen molar-refractivity contribution < 1.29 is 27.0 Å². The molecule has 4 aliphatic rings. The molecule has 1 aliphatic carbocycles. The van der Waals surface area contributed by atoms with E-state index < -0.39 is 23.5 Å². The van der Waals surface area contributed by atoms with Gasteiger partial charge in [0, 0.05) is 32.4 Å². The molecule has 35 heavy (non-hydrogen) atoms. The number of alkyl halides is 3. The van der Waals surface area contributed by atoms with E-state index >= 15 is 4.39 Å². The number of benzene rings is 1. The van der Waals surface area contributed by atoms with Crippen molar-refractivity contribution >= 4 is 44.3 Å². The summed E-state index contributed by atoms with van der Waals surface area (Å²) in [7, 11) is 0. The molecule has 1 aromatic carbocycles. The second kappa shape index (κ2) is 8.48. The molecule has 0 N–H and O–H groups in total. The highest BCUT2D eigenvalue weighted by Gasteiger charge is 2.49. The Hall–Kier alpha value is -1.59. The summed E-state index contributed by atoms with van der Waals surface area (Å²) < 4.78 is 68.4. The van der Waals surface area contributed by atoms with Crippen LogP contribution in [0.1, 0.15) is 32.1 Å². The normalized spacial score (nSPS) is 28.1. The van der Waals surface area contributed by atoms with E-state index in [1.807, 2.05) is 4.90 Å². The zero-order valence-corrected chi connectivity index (χ0v) is 21.1. The molecule has 0 radical (unpaired) electrons. The van der Waals surface area contributed by atoms with Gasteiger partial charge in [0.05, 0.1) is 21.9 Å². The molecule has 4 heterocycles. The Labute approximate surface area is 213 Å². The van der Waals surface area contributed by atoms with Crippen molar-refractivity contribution in [3.8, 4) is 11.8 Å². The minimum absolute atomic E-state index is 0.0148. The van der Waals surface area contributed by atoms with Gasteiger partial charge in [-0.05, 0) is 41.2 Å². The van der Waals surface area contributed by atoms with E-state index in [1.54, 1.807) is 0 Å². The lowest BCUT2D eigenvalue weighted by Gasteiger charge is -2.38. The topological polar surface area (TPSA) is 50.7 Å². The standard InChI is InChI=1S/C23H24BrClF4N4O2/c24-15-16(25)19-14-18(17(15)27)30-21(35-11-22-2-1-3-33(22)10-13(26)8-22)31-20(14)32(4-5-34-19)9-12-6-23(28,29)7-12/h12-13H,1-11H2/t13-,22+/m1/s1. The van der Waals surface area contributed by atoms with Crippen LogP contribution in [0.25, 0.3) is 10.9 Å². The summed E-state index contributed by atoms with van der Waals surface area (Å²) in [6.45, 7) is 2.28. The zero-order chi connectivity index (χ0) is 24.5. The molecule has 0 bridgehead atoms. The first-order valence-electron chi connectivity index (χ1n) is 11.8. The van der Waals surface area contributed by atoms with Crippen LogP contribution in [-0.2, 0) is 0 Å². The highest BCUT2D eigenvalue weighted by Crippen LogP contribution is 2.48. The number of halogens is 6. The fourth-order valence-corrected chi connectivity index (χ4v) is 6.65. The van der Waals surface area contributed by atoms with Gasteiger partial charge in [0.15, 0.2) is 11.6 Å². The summed E-state index contributed by atoms with van der Waals surface area (Å²) in [4.78, 5) is 12.9. The highest BCUT2D eigenvalue weighted by molar-refractivity contribution is 9.10. The van der Waals surface area contributed by atoms with Crippen molar-refractivity contribution in [1.82, 2.24) is 14.9 Å². The van der Waals surface area contributed by atoms with Gasteiger partial charge in [0.2, 0.25) is 5.92 Å². The van der Waals surface area contributed by atoms with Crippen LogP contribution in [0.4, 0.5) is 23.4 Å². The first-order chi connectivity index (χ1) is 16.7. The Bertz CT molecular complexity index is 1180. The SMILES string of the molecule is Fc1c(Br)c(Cl)c2c3c(nc(OC[C@@]45CCCN4C[C@H](F)C5)nc13)N(CC1CC(F)(F)C1)CCO2. The number of aromatic nitrogens is 2. The lowest BCUT2D eigenvalue weighted by atomic mass is 9.81. The molecule has 2 saturated heterocycles. The van der Waals surface area contributed by atoms with E-state index in [0.29, 0.717) is 31.9 Å². The van der Waals surface area contributed by atoms with Crippen LogP contribution in [0.15, 0.2) is 4.47 Å². The average Bonchev–Trinajstić information content (AvgIpc) is 3.24. The number of ether oxygens (including phenoxy) is 2. The minimum atomic E-state index is -2.65. The fourth-order valence-electron chi connectivity index (χ4n) is 6.05. The van der Waals surface area contributed by atoms with E-state index in [4.69, 9.17) is 21.1 Å². The van der Waals surface area contributed by atoms with Crippen molar-refractivity contribution in [1.29, 1.82) is 0 Å². The van der Waals surface area contributed by atoms with Crippen LogP contribution in [0, 0.1) is 11.7 Å². The van der Waals surface area contributed by atoms with Gasteiger partial charge in [0.25, 0.3) is 0 Å². The molecule has 0 unspecified atom stereocenters. The van der Waals surface area contributed by atoms with Gasteiger partial charge in [-0.25, -0.2) is 17.6 Å². The number of fused-ring (bicyclic) bond motifs is 1. The van der Waals surface area contributed by atoms with Crippen LogP contribution >= 0.6 is 27.5 Å². The smallest absolute Gasteiger partial charge is 0.319 e. The van der Waals surface area contributed by atoms with Crippen molar-refractivity contribution in [3.05, 3.63) is 15.3 Å². The molecule has 1 aromatic heterocycles. The van der Waals surface area contributed by atoms with Crippen LogP contribution in [0.5, 0.6) is 11.8 Å². The molecule has 12 heteroatoms. The number of anilines is 1. The Morgan fingerprint density at radius 2 is 2.00 bits per heavy atom. The maximum atomic E-state index is 15.4. The lowest BCUT2D eigenvalue weighted by Crippen LogP contribution is -2.44. The van der Waals surface area contributed by atoms with Crippen LogP contribution < -0.4 is 14.4 Å². The quantitative estimate of drug-likeness (QED) is 0.350. The van der Waals surface area contributed by atoms with Gasteiger partial charge in [-0.3, -0.25) is 4.90 Å². The third-order valence-electron chi connectivity index (χ3n) is 7.68. The number of nitrogens with zero attached hydrogens (tertiary/aromatic N) is 4. The summed E-state index contributed by atoms with van der Waals surface area (Å²) in [5.74, 6) is -2.97. The van der Waals surface area contributed by atoms with Crippen LogP contribution in [-0.4, -0.2) is 71.9 Å². The largest absolute Gasteiger partial charge is 0.489 e. The molecule has 3 fully saturated rings.